The summed E-state index contributed by atoms with van der Waals surface area (Å²) in [7, 11) is 0. The third kappa shape index (κ3) is 5.25. The van der Waals surface area contributed by atoms with Gasteiger partial charge in [-0.3, -0.25) is 0 Å². The summed E-state index contributed by atoms with van der Waals surface area (Å²) < 4.78 is 1.30. The lowest BCUT2D eigenvalue weighted by molar-refractivity contribution is 0.591. The predicted molar refractivity (Wildman–Crippen MR) is 130 cm³/mol. The van der Waals surface area contributed by atoms with Gasteiger partial charge in [-0.05, 0) is 58.7 Å². The number of nitrogens with zero attached hydrogens (tertiary/aromatic N) is 1. The fraction of sp³-hybridized carbons (Fsp3) is 0.370. The van der Waals surface area contributed by atoms with Crippen LogP contribution in [0.3, 0.4) is 0 Å². The minimum Gasteiger partial charge on any atom is -0.242 e. The molecule has 2 heteroatoms. The Morgan fingerprint density at radius 2 is 1.21 bits per heavy atom. The maximum absolute atomic E-state index is 4.45. The van der Waals surface area contributed by atoms with E-state index >= 15 is 0 Å². The zero-order valence-electron chi connectivity index (χ0n) is 19.1. The second-order valence-corrected chi connectivity index (χ2v) is 11.2. The van der Waals surface area contributed by atoms with E-state index in [4.69, 9.17) is 0 Å². The van der Waals surface area contributed by atoms with Gasteiger partial charge in [0.1, 0.15) is 0 Å². The van der Waals surface area contributed by atoms with Gasteiger partial charge in [-0.25, -0.2) is 4.98 Å². The van der Waals surface area contributed by atoms with Crippen molar-refractivity contribution in [3.05, 3.63) is 76.3 Å². The van der Waals surface area contributed by atoms with Gasteiger partial charge in [0.05, 0.1) is 15.2 Å². The number of rotatable bonds is 0. The van der Waals surface area contributed by atoms with Crippen molar-refractivity contribution in [3.63, 3.8) is 0 Å². The van der Waals surface area contributed by atoms with Gasteiger partial charge in [0.2, 0.25) is 0 Å². The van der Waals surface area contributed by atoms with Crippen LogP contribution in [0.25, 0.3) is 21.0 Å². The van der Waals surface area contributed by atoms with Crippen LogP contribution in [0.5, 0.6) is 0 Å². The molecule has 0 N–H and O–H groups in total. The highest BCUT2D eigenvalue weighted by Crippen LogP contribution is 2.29. The lowest BCUT2D eigenvalue weighted by Gasteiger charge is -2.19. The van der Waals surface area contributed by atoms with Crippen LogP contribution < -0.4 is 0 Å². The van der Waals surface area contributed by atoms with Crippen molar-refractivity contribution in [2.24, 2.45) is 0 Å². The SMILES string of the molecule is Cc1ccc2cc(C(C)(C)C)ccc2c1.Cc1nc2ccc(C(C)(C)C)cc2s1. The molecular weight excluding hydrogens is 370 g/mol. The van der Waals surface area contributed by atoms with Gasteiger partial charge in [0.25, 0.3) is 0 Å². The van der Waals surface area contributed by atoms with Gasteiger partial charge in [-0.15, -0.1) is 11.3 Å². The molecule has 0 atom stereocenters. The maximum Gasteiger partial charge on any atom is 0.0907 e. The number of hydrogen-bond acceptors (Lipinski definition) is 2. The zero-order chi connectivity index (χ0) is 21.4. The van der Waals surface area contributed by atoms with E-state index in [2.05, 4.69) is 115 Å². The first-order valence-electron chi connectivity index (χ1n) is 10.3. The third-order valence-electron chi connectivity index (χ3n) is 5.22. The first kappa shape index (κ1) is 21.5. The van der Waals surface area contributed by atoms with Crippen LogP contribution in [-0.2, 0) is 10.8 Å². The Hall–Kier alpha value is -2.19. The molecule has 0 aliphatic carbocycles. The van der Waals surface area contributed by atoms with E-state index in [-0.39, 0.29) is 10.8 Å². The molecule has 4 aromatic rings. The second-order valence-electron chi connectivity index (χ2n) is 9.98. The predicted octanol–water partition coefficient (Wildman–Crippen LogP) is 8.35. The van der Waals surface area contributed by atoms with Gasteiger partial charge in [0, 0.05) is 0 Å². The molecule has 0 spiro atoms. The lowest BCUT2D eigenvalue weighted by atomic mass is 9.86. The summed E-state index contributed by atoms with van der Waals surface area (Å²) in [6, 6.07) is 20.0. The topological polar surface area (TPSA) is 12.9 Å². The smallest absolute Gasteiger partial charge is 0.0907 e. The zero-order valence-corrected chi connectivity index (χ0v) is 19.9. The van der Waals surface area contributed by atoms with Crippen molar-refractivity contribution in [1.82, 2.24) is 4.98 Å². The van der Waals surface area contributed by atoms with Gasteiger partial charge in [-0.2, -0.15) is 0 Å². The highest BCUT2D eigenvalue weighted by molar-refractivity contribution is 7.18. The summed E-state index contributed by atoms with van der Waals surface area (Å²) in [6.45, 7) is 17.7. The molecule has 152 valence electrons. The summed E-state index contributed by atoms with van der Waals surface area (Å²) in [6.07, 6.45) is 0. The number of hydrogen-bond donors (Lipinski definition) is 0. The number of fused-ring (bicyclic) bond motifs is 2. The fourth-order valence-electron chi connectivity index (χ4n) is 3.34. The molecule has 0 bridgehead atoms. The number of aromatic nitrogens is 1. The quantitative estimate of drug-likeness (QED) is 0.287. The lowest BCUT2D eigenvalue weighted by Crippen LogP contribution is -2.10. The minimum absolute atomic E-state index is 0.228. The molecule has 0 fully saturated rings. The van der Waals surface area contributed by atoms with Crippen LogP contribution in [0.4, 0.5) is 0 Å². The fourth-order valence-corrected chi connectivity index (χ4v) is 4.20. The van der Waals surface area contributed by atoms with Gasteiger partial charge >= 0.3 is 0 Å². The van der Waals surface area contributed by atoms with E-state index in [1.54, 1.807) is 11.3 Å². The molecule has 29 heavy (non-hydrogen) atoms. The second kappa shape index (κ2) is 7.91. The molecule has 0 unspecified atom stereocenters. The Balaban J connectivity index is 0.000000166. The summed E-state index contributed by atoms with van der Waals surface area (Å²) >= 11 is 1.77. The van der Waals surface area contributed by atoms with Gasteiger partial charge in [-0.1, -0.05) is 89.6 Å². The normalized spacial score (nSPS) is 12.1. The molecule has 3 aromatic carbocycles. The molecule has 1 heterocycles. The van der Waals surface area contributed by atoms with Crippen molar-refractivity contribution in [2.45, 2.75) is 66.2 Å². The van der Waals surface area contributed by atoms with E-state index in [1.165, 1.54) is 32.2 Å². The summed E-state index contributed by atoms with van der Waals surface area (Å²) in [5.74, 6) is 0. The third-order valence-corrected chi connectivity index (χ3v) is 6.16. The van der Waals surface area contributed by atoms with E-state index in [1.807, 2.05) is 0 Å². The highest BCUT2D eigenvalue weighted by Gasteiger charge is 2.15. The van der Waals surface area contributed by atoms with E-state index in [9.17, 15) is 0 Å². The summed E-state index contributed by atoms with van der Waals surface area (Å²) in [4.78, 5) is 4.45. The molecule has 0 saturated heterocycles. The first-order chi connectivity index (χ1) is 13.4. The van der Waals surface area contributed by atoms with Crippen LogP contribution in [0.15, 0.2) is 54.6 Å². The first-order valence-corrected chi connectivity index (χ1v) is 11.1. The largest absolute Gasteiger partial charge is 0.242 e. The molecule has 1 aromatic heterocycles. The van der Waals surface area contributed by atoms with E-state index in [0.29, 0.717) is 0 Å². The number of thiazole rings is 1. The molecule has 0 aliphatic rings. The average molecular weight is 404 g/mol. The average Bonchev–Trinajstić information content (AvgIpc) is 2.99. The number of benzene rings is 3. The molecule has 0 amide bonds. The van der Waals surface area contributed by atoms with Crippen molar-refractivity contribution in [3.8, 4) is 0 Å². The van der Waals surface area contributed by atoms with Crippen LogP contribution >= 0.6 is 11.3 Å². The molecular formula is C27H33NS. The molecule has 0 saturated carbocycles. The monoisotopic (exact) mass is 403 g/mol. The number of aryl methyl sites for hydroxylation is 2. The van der Waals surface area contributed by atoms with Crippen LogP contribution in [0.1, 0.15) is 63.2 Å². The molecule has 1 nitrogen and oxygen atoms in total. The van der Waals surface area contributed by atoms with E-state index in [0.717, 1.165) is 10.5 Å². The Bertz CT molecular complexity index is 1140. The Morgan fingerprint density at radius 1 is 0.655 bits per heavy atom. The minimum atomic E-state index is 0.228. The van der Waals surface area contributed by atoms with Gasteiger partial charge < -0.3 is 0 Å². The summed E-state index contributed by atoms with van der Waals surface area (Å²) in [5.41, 5.74) is 5.70. The standard InChI is InChI=1S/C15H18.C12H15NS/c1-11-5-6-13-10-14(15(2,3)4)8-7-12(13)9-11;1-8-13-10-6-5-9(12(2,3)4)7-11(10)14-8/h5-10H,1-4H3;5-7H,1-4H3. The van der Waals surface area contributed by atoms with Crippen molar-refractivity contribution in [2.75, 3.05) is 0 Å². The van der Waals surface area contributed by atoms with Crippen LogP contribution in [-0.4, -0.2) is 4.98 Å². The maximum atomic E-state index is 4.45. The Labute approximate surface area is 179 Å². The van der Waals surface area contributed by atoms with E-state index < -0.39 is 0 Å². The van der Waals surface area contributed by atoms with Crippen molar-refractivity contribution >= 4 is 32.3 Å². The summed E-state index contributed by atoms with van der Waals surface area (Å²) in [5, 5.41) is 3.82. The van der Waals surface area contributed by atoms with Crippen LogP contribution in [0, 0.1) is 13.8 Å². The molecule has 0 aliphatic heterocycles. The van der Waals surface area contributed by atoms with Gasteiger partial charge in [0.15, 0.2) is 0 Å². The highest BCUT2D eigenvalue weighted by atomic mass is 32.1. The Morgan fingerprint density at radius 3 is 1.86 bits per heavy atom. The van der Waals surface area contributed by atoms with Crippen molar-refractivity contribution in [1.29, 1.82) is 0 Å². The molecule has 0 radical (unpaired) electrons. The van der Waals surface area contributed by atoms with Crippen molar-refractivity contribution < 1.29 is 0 Å². The molecule has 4 rings (SSSR count). The van der Waals surface area contributed by atoms with Crippen LogP contribution in [0.2, 0.25) is 0 Å². The Kier molecular flexibility index (Phi) is 5.87.